The van der Waals surface area contributed by atoms with Crippen molar-refractivity contribution >= 4 is 11.9 Å². The maximum absolute atomic E-state index is 12.4. The number of hydrogen-bond acceptors (Lipinski definition) is 3. The number of rotatable bonds is 6. The molecule has 1 aromatic heterocycles. The van der Waals surface area contributed by atoms with Gasteiger partial charge in [0, 0.05) is 12.2 Å². The highest BCUT2D eigenvalue weighted by molar-refractivity contribution is 6.00. The van der Waals surface area contributed by atoms with E-state index in [2.05, 4.69) is 10.3 Å². The summed E-state index contributed by atoms with van der Waals surface area (Å²) in [4.78, 5) is 27.4. The molecule has 0 spiro atoms. The summed E-state index contributed by atoms with van der Waals surface area (Å²) in [6.07, 6.45) is 7.58. The number of hydrogen-bond donors (Lipinski definition) is 2. The molecule has 2 N–H and O–H groups in total. The third-order valence-corrected chi connectivity index (χ3v) is 4.71. The first-order chi connectivity index (χ1) is 11.0. The Hall–Kier alpha value is -1.78. The maximum Gasteiger partial charge on any atom is 0.340 e. The van der Waals surface area contributed by atoms with Crippen molar-refractivity contribution in [2.75, 3.05) is 13.2 Å². The van der Waals surface area contributed by atoms with E-state index in [1.807, 2.05) is 0 Å². The minimum Gasteiger partial charge on any atom is -0.462 e. The summed E-state index contributed by atoms with van der Waals surface area (Å²) in [7, 11) is 0. The van der Waals surface area contributed by atoms with Gasteiger partial charge >= 0.3 is 5.97 Å². The summed E-state index contributed by atoms with van der Waals surface area (Å²) in [6.45, 7) is 6.36. The van der Waals surface area contributed by atoms with Crippen molar-refractivity contribution in [2.24, 2.45) is 5.92 Å². The van der Waals surface area contributed by atoms with Crippen LogP contribution in [0.25, 0.3) is 0 Å². The fourth-order valence-corrected chi connectivity index (χ4v) is 3.44. The van der Waals surface area contributed by atoms with Gasteiger partial charge in [-0.05, 0) is 38.7 Å². The standard InChI is InChI=1S/C18H28N2O3/c1-4-23-18(22)15-12(2)16(20-13(15)3)17(21)19-11-10-14-8-6-5-7-9-14/h14,20H,4-11H2,1-3H3,(H,19,21). The number of aryl methyl sites for hydroxylation is 1. The van der Waals surface area contributed by atoms with Gasteiger partial charge in [0.05, 0.1) is 12.2 Å². The van der Waals surface area contributed by atoms with Gasteiger partial charge in [0.15, 0.2) is 0 Å². The van der Waals surface area contributed by atoms with Crippen LogP contribution in [-0.4, -0.2) is 30.0 Å². The van der Waals surface area contributed by atoms with E-state index in [-0.39, 0.29) is 11.9 Å². The van der Waals surface area contributed by atoms with E-state index < -0.39 is 0 Å². The third kappa shape index (κ3) is 4.36. The predicted molar refractivity (Wildman–Crippen MR) is 89.7 cm³/mol. The Bertz CT molecular complexity index is 557. The van der Waals surface area contributed by atoms with E-state index in [1.54, 1.807) is 20.8 Å². The smallest absolute Gasteiger partial charge is 0.340 e. The Labute approximate surface area is 138 Å². The Morgan fingerprint density at radius 3 is 2.57 bits per heavy atom. The molecule has 1 saturated carbocycles. The first-order valence-corrected chi connectivity index (χ1v) is 8.69. The molecule has 1 heterocycles. The maximum atomic E-state index is 12.4. The van der Waals surface area contributed by atoms with Crippen LogP contribution in [0.5, 0.6) is 0 Å². The molecule has 1 aromatic rings. The van der Waals surface area contributed by atoms with Crippen LogP contribution in [0.1, 0.15) is 77.6 Å². The molecule has 0 saturated heterocycles. The highest BCUT2D eigenvalue weighted by atomic mass is 16.5. The lowest BCUT2D eigenvalue weighted by Gasteiger charge is -2.21. The molecule has 0 radical (unpaired) electrons. The number of aromatic amines is 1. The zero-order chi connectivity index (χ0) is 16.8. The van der Waals surface area contributed by atoms with Gasteiger partial charge in [-0.3, -0.25) is 4.79 Å². The van der Waals surface area contributed by atoms with E-state index in [0.29, 0.717) is 35.7 Å². The number of carbonyl (C=O) groups excluding carboxylic acids is 2. The summed E-state index contributed by atoms with van der Waals surface area (Å²) < 4.78 is 5.05. The van der Waals surface area contributed by atoms with E-state index in [1.165, 1.54) is 32.1 Å². The van der Waals surface area contributed by atoms with Gasteiger partial charge in [-0.15, -0.1) is 0 Å². The van der Waals surface area contributed by atoms with Gasteiger partial charge in [-0.25, -0.2) is 4.79 Å². The van der Waals surface area contributed by atoms with Gasteiger partial charge in [0.2, 0.25) is 0 Å². The topological polar surface area (TPSA) is 71.2 Å². The zero-order valence-electron chi connectivity index (χ0n) is 14.5. The summed E-state index contributed by atoms with van der Waals surface area (Å²) in [5.41, 5.74) is 2.29. The normalized spacial score (nSPS) is 15.4. The van der Waals surface area contributed by atoms with Gasteiger partial charge < -0.3 is 15.0 Å². The van der Waals surface area contributed by atoms with Crippen molar-refractivity contribution in [3.05, 3.63) is 22.5 Å². The number of carbonyl (C=O) groups is 2. The van der Waals surface area contributed by atoms with Crippen molar-refractivity contribution in [1.29, 1.82) is 0 Å². The molecule has 0 aromatic carbocycles. The van der Waals surface area contributed by atoms with Gasteiger partial charge in [0.25, 0.3) is 5.91 Å². The molecule has 5 heteroatoms. The molecular weight excluding hydrogens is 292 g/mol. The molecule has 1 aliphatic carbocycles. The highest BCUT2D eigenvalue weighted by Crippen LogP contribution is 2.26. The van der Waals surface area contributed by atoms with Crippen molar-refractivity contribution in [2.45, 2.75) is 59.3 Å². The summed E-state index contributed by atoms with van der Waals surface area (Å²) >= 11 is 0. The van der Waals surface area contributed by atoms with E-state index >= 15 is 0 Å². The number of aromatic nitrogens is 1. The average molecular weight is 320 g/mol. The predicted octanol–water partition coefficient (Wildman–Crippen LogP) is 3.51. The first-order valence-electron chi connectivity index (χ1n) is 8.69. The minimum absolute atomic E-state index is 0.142. The molecule has 0 unspecified atom stereocenters. The fourth-order valence-electron chi connectivity index (χ4n) is 3.44. The molecular formula is C18H28N2O3. The molecule has 0 bridgehead atoms. The second kappa shape index (κ2) is 8.18. The van der Waals surface area contributed by atoms with E-state index in [0.717, 1.165) is 12.3 Å². The lowest BCUT2D eigenvalue weighted by molar-refractivity contribution is 0.0525. The zero-order valence-corrected chi connectivity index (χ0v) is 14.5. The van der Waals surface area contributed by atoms with Gasteiger partial charge in [0.1, 0.15) is 5.69 Å². The fraction of sp³-hybridized carbons (Fsp3) is 0.667. The Kier molecular flexibility index (Phi) is 6.25. The van der Waals surface area contributed by atoms with Crippen LogP contribution in [0.2, 0.25) is 0 Å². The van der Waals surface area contributed by atoms with Crippen LogP contribution in [0, 0.1) is 19.8 Å². The monoisotopic (exact) mass is 320 g/mol. The highest BCUT2D eigenvalue weighted by Gasteiger charge is 2.23. The number of ether oxygens (including phenoxy) is 1. The number of esters is 1. The Morgan fingerprint density at radius 1 is 1.22 bits per heavy atom. The van der Waals surface area contributed by atoms with Crippen LogP contribution in [0.15, 0.2) is 0 Å². The number of H-pyrrole nitrogens is 1. The molecule has 1 aliphatic rings. The molecule has 0 aliphatic heterocycles. The largest absolute Gasteiger partial charge is 0.462 e. The van der Waals surface area contributed by atoms with Gasteiger partial charge in [-0.1, -0.05) is 32.1 Å². The lowest BCUT2D eigenvalue weighted by Crippen LogP contribution is -2.27. The molecule has 5 nitrogen and oxygen atoms in total. The van der Waals surface area contributed by atoms with E-state index in [4.69, 9.17) is 4.74 Å². The second-order valence-electron chi connectivity index (χ2n) is 6.39. The van der Waals surface area contributed by atoms with Crippen molar-refractivity contribution in [3.8, 4) is 0 Å². The van der Waals surface area contributed by atoms with Crippen molar-refractivity contribution < 1.29 is 14.3 Å². The van der Waals surface area contributed by atoms with Crippen LogP contribution in [-0.2, 0) is 4.74 Å². The third-order valence-electron chi connectivity index (χ3n) is 4.71. The van der Waals surface area contributed by atoms with Crippen molar-refractivity contribution in [1.82, 2.24) is 10.3 Å². The number of amides is 1. The minimum atomic E-state index is -0.375. The van der Waals surface area contributed by atoms with Crippen molar-refractivity contribution in [3.63, 3.8) is 0 Å². The molecule has 23 heavy (non-hydrogen) atoms. The average Bonchev–Trinajstić information content (AvgIpc) is 2.83. The summed E-state index contributed by atoms with van der Waals surface area (Å²) in [5.74, 6) is 0.225. The molecule has 128 valence electrons. The van der Waals surface area contributed by atoms with Crippen LogP contribution >= 0.6 is 0 Å². The molecule has 1 amide bonds. The van der Waals surface area contributed by atoms with Gasteiger partial charge in [-0.2, -0.15) is 0 Å². The SMILES string of the molecule is CCOC(=O)c1c(C)[nH]c(C(=O)NCCC2CCCCC2)c1C. The summed E-state index contributed by atoms with van der Waals surface area (Å²) in [5, 5.41) is 2.98. The summed E-state index contributed by atoms with van der Waals surface area (Å²) in [6, 6.07) is 0. The molecule has 1 fully saturated rings. The van der Waals surface area contributed by atoms with Crippen LogP contribution < -0.4 is 5.32 Å². The Morgan fingerprint density at radius 2 is 1.91 bits per heavy atom. The molecule has 2 rings (SSSR count). The van der Waals surface area contributed by atoms with E-state index in [9.17, 15) is 9.59 Å². The Balaban J connectivity index is 1.94. The number of nitrogens with one attached hydrogen (secondary N) is 2. The second-order valence-corrected chi connectivity index (χ2v) is 6.39. The molecule has 0 atom stereocenters. The van der Waals surface area contributed by atoms with Crippen LogP contribution in [0.4, 0.5) is 0 Å². The lowest BCUT2D eigenvalue weighted by atomic mass is 9.87. The van der Waals surface area contributed by atoms with Crippen LogP contribution in [0.3, 0.4) is 0 Å². The first kappa shape index (κ1) is 17.6. The quantitative estimate of drug-likeness (QED) is 0.788.